The largest absolute Gasteiger partial charge is 0.481 e. The van der Waals surface area contributed by atoms with Crippen LogP contribution in [0.5, 0.6) is 0 Å². The van der Waals surface area contributed by atoms with Crippen molar-refractivity contribution in [1.82, 2.24) is 5.32 Å². The number of hydrogen-bond acceptors (Lipinski definition) is 5. The van der Waals surface area contributed by atoms with Gasteiger partial charge in [-0.15, -0.1) is 0 Å². The van der Waals surface area contributed by atoms with E-state index in [-0.39, 0.29) is 12.2 Å². The van der Waals surface area contributed by atoms with Crippen molar-refractivity contribution >= 4 is 17.4 Å². The SMILES string of the molecule is COCCNC(CC(=O)O)C(=O)c1ccc(N(C)C)cc1. The molecule has 0 amide bonds. The van der Waals surface area contributed by atoms with Crippen LogP contribution in [0.3, 0.4) is 0 Å². The maximum atomic E-state index is 12.4. The van der Waals surface area contributed by atoms with E-state index in [0.29, 0.717) is 18.7 Å². The van der Waals surface area contributed by atoms with Gasteiger partial charge in [-0.2, -0.15) is 0 Å². The summed E-state index contributed by atoms with van der Waals surface area (Å²) >= 11 is 0. The number of benzene rings is 1. The van der Waals surface area contributed by atoms with E-state index in [4.69, 9.17) is 9.84 Å². The summed E-state index contributed by atoms with van der Waals surface area (Å²) in [5.74, 6) is -1.23. The third-order valence-corrected chi connectivity index (χ3v) is 3.06. The van der Waals surface area contributed by atoms with Crippen molar-refractivity contribution in [3.63, 3.8) is 0 Å². The number of nitrogens with zero attached hydrogens (tertiary/aromatic N) is 1. The van der Waals surface area contributed by atoms with E-state index in [1.54, 1.807) is 19.2 Å². The van der Waals surface area contributed by atoms with E-state index >= 15 is 0 Å². The van der Waals surface area contributed by atoms with Crippen LogP contribution in [0.25, 0.3) is 0 Å². The molecule has 2 N–H and O–H groups in total. The molecular formula is C15H22N2O4. The van der Waals surface area contributed by atoms with Crippen LogP contribution in [-0.4, -0.2) is 57.3 Å². The summed E-state index contributed by atoms with van der Waals surface area (Å²) in [5.41, 5.74) is 1.48. The third kappa shape index (κ3) is 5.53. The number of carboxylic acids is 1. The molecule has 1 aromatic rings. The molecule has 0 radical (unpaired) electrons. The standard InChI is InChI=1S/C15H22N2O4/c1-17(2)12-6-4-11(5-7-12)15(20)13(10-14(18)19)16-8-9-21-3/h4-7,13,16H,8-10H2,1-3H3,(H,18,19). The first-order valence-electron chi connectivity index (χ1n) is 6.71. The summed E-state index contributed by atoms with van der Waals surface area (Å²) in [6.07, 6.45) is -0.252. The number of rotatable bonds is 9. The smallest absolute Gasteiger partial charge is 0.305 e. The number of ketones is 1. The van der Waals surface area contributed by atoms with Gasteiger partial charge in [-0.25, -0.2) is 0 Å². The van der Waals surface area contributed by atoms with Crippen LogP contribution in [0.1, 0.15) is 16.8 Å². The lowest BCUT2D eigenvalue weighted by Crippen LogP contribution is -2.40. The molecule has 1 unspecified atom stereocenters. The summed E-state index contributed by atoms with van der Waals surface area (Å²) in [5, 5.41) is 11.8. The number of ether oxygens (including phenoxy) is 1. The number of carbonyl (C=O) groups excluding carboxylic acids is 1. The molecule has 0 heterocycles. The molecule has 0 saturated heterocycles. The van der Waals surface area contributed by atoms with Crippen molar-refractivity contribution in [2.75, 3.05) is 39.3 Å². The summed E-state index contributed by atoms with van der Waals surface area (Å²) in [6, 6.07) is 6.35. The van der Waals surface area contributed by atoms with Gasteiger partial charge in [-0.05, 0) is 24.3 Å². The maximum absolute atomic E-state index is 12.4. The quantitative estimate of drug-likeness (QED) is 0.523. The maximum Gasteiger partial charge on any atom is 0.305 e. The molecule has 1 atom stereocenters. The van der Waals surface area contributed by atoms with E-state index in [2.05, 4.69) is 5.32 Å². The Morgan fingerprint density at radius 3 is 2.38 bits per heavy atom. The third-order valence-electron chi connectivity index (χ3n) is 3.06. The Morgan fingerprint density at radius 2 is 1.90 bits per heavy atom. The molecule has 0 saturated carbocycles. The second-order valence-corrected chi connectivity index (χ2v) is 4.90. The van der Waals surface area contributed by atoms with Crippen LogP contribution >= 0.6 is 0 Å². The zero-order valence-corrected chi connectivity index (χ0v) is 12.6. The van der Waals surface area contributed by atoms with Crippen LogP contribution < -0.4 is 10.2 Å². The first kappa shape index (κ1) is 17.1. The average molecular weight is 294 g/mol. The van der Waals surface area contributed by atoms with Gasteiger partial charge in [0.05, 0.1) is 19.1 Å². The van der Waals surface area contributed by atoms with Gasteiger partial charge < -0.3 is 20.1 Å². The summed E-state index contributed by atoms with van der Waals surface area (Å²) in [6.45, 7) is 0.846. The Kier molecular flexibility index (Phi) is 6.84. The highest BCUT2D eigenvalue weighted by Crippen LogP contribution is 2.14. The number of aliphatic carboxylic acids is 1. The highest BCUT2D eigenvalue weighted by Gasteiger charge is 2.22. The summed E-state index contributed by atoms with van der Waals surface area (Å²) < 4.78 is 4.90. The van der Waals surface area contributed by atoms with Crippen LogP contribution in [-0.2, 0) is 9.53 Å². The van der Waals surface area contributed by atoms with Gasteiger partial charge in [-0.3, -0.25) is 9.59 Å². The van der Waals surface area contributed by atoms with Crippen molar-refractivity contribution in [2.45, 2.75) is 12.5 Å². The molecule has 0 fully saturated rings. The highest BCUT2D eigenvalue weighted by atomic mass is 16.5. The molecule has 6 nitrogen and oxygen atoms in total. The van der Waals surface area contributed by atoms with E-state index in [1.165, 1.54) is 0 Å². The van der Waals surface area contributed by atoms with Gasteiger partial charge in [0.1, 0.15) is 0 Å². The minimum atomic E-state index is -1.01. The van der Waals surface area contributed by atoms with Crippen molar-refractivity contribution in [3.8, 4) is 0 Å². The fourth-order valence-corrected chi connectivity index (χ4v) is 1.89. The molecule has 1 rings (SSSR count). The monoisotopic (exact) mass is 294 g/mol. The molecule has 0 bridgehead atoms. The Labute approximate surface area is 124 Å². The van der Waals surface area contributed by atoms with Crippen LogP contribution in [0.4, 0.5) is 5.69 Å². The van der Waals surface area contributed by atoms with Gasteiger partial charge in [0.15, 0.2) is 5.78 Å². The molecule has 116 valence electrons. The van der Waals surface area contributed by atoms with Crippen LogP contribution in [0, 0.1) is 0 Å². The van der Waals surface area contributed by atoms with E-state index in [1.807, 2.05) is 31.1 Å². The van der Waals surface area contributed by atoms with Crippen molar-refractivity contribution in [2.24, 2.45) is 0 Å². The second-order valence-electron chi connectivity index (χ2n) is 4.90. The van der Waals surface area contributed by atoms with Gasteiger partial charge in [0, 0.05) is 39.0 Å². The number of carboxylic acid groups (broad SMARTS) is 1. The zero-order chi connectivity index (χ0) is 15.8. The number of Topliss-reactive ketones (excluding diaryl/α,β-unsaturated/α-hetero) is 1. The van der Waals surface area contributed by atoms with Crippen LogP contribution in [0.2, 0.25) is 0 Å². The van der Waals surface area contributed by atoms with Gasteiger partial charge in [0.2, 0.25) is 0 Å². The van der Waals surface area contributed by atoms with Crippen molar-refractivity contribution in [1.29, 1.82) is 0 Å². The molecular weight excluding hydrogens is 272 g/mol. The summed E-state index contributed by atoms with van der Waals surface area (Å²) in [4.78, 5) is 25.2. The van der Waals surface area contributed by atoms with Crippen molar-refractivity contribution in [3.05, 3.63) is 29.8 Å². The fourth-order valence-electron chi connectivity index (χ4n) is 1.89. The summed E-state index contributed by atoms with van der Waals surface area (Å²) in [7, 11) is 5.38. The Balaban J connectivity index is 2.80. The lowest BCUT2D eigenvalue weighted by Gasteiger charge is -2.17. The zero-order valence-electron chi connectivity index (χ0n) is 12.6. The molecule has 0 aliphatic carbocycles. The molecule has 21 heavy (non-hydrogen) atoms. The van der Waals surface area contributed by atoms with Gasteiger partial charge in [0.25, 0.3) is 0 Å². The first-order valence-corrected chi connectivity index (χ1v) is 6.71. The molecule has 0 aliphatic heterocycles. The lowest BCUT2D eigenvalue weighted by atomic mass is 10.0. The molecule has 0 aromatic heterocycles. The lowest BCUT2D eigenvalue weighted by molar-refractivity contribution is -0.137. The Bertz CT molecular complexity index is 471. The number of carbonyl (C=O) groups is 2. The molecule has 6 heteroatoms. The van der Waals surface area contributed by atoms with Crippen molar-refractivity contribution < 1.29 is 19.4 Å². The average Bonchev–Trinajstić information content (AvgIpc) is 2.45. The minimum absolute atomic E-state index is 0.223. The Morgan fingerprint density at radius 1 is 1.29 bits per heavy atom. The van der Waals surface area contributed by atoms with E-state index in [0.717, 1.165) is 5.69 Å². The second kappa shape index (κ2) is 8.39. The van der Waals surface area contributed by atoms with Gasteiger partial charge in [-0.1, -0.05) is 0 Å². The predicted octanol–water partition coefficient (Wildman–Crippen LogP) is 1.01. The molecule has 1 aromatic carbocycles. The van der Waals surface area contributed by atoms with Crippen LogP contribution in [0.15, 0.2) is 24.3 Å². The van der Waals surface area contributed by atoms with E-state index in [9.17, 15) is 9.59 Å². The topological polar surface area (TPSA) is 78.9 Å². The molecule has 0 aliphatic rings. The Hall–Kier alpha value is -1.92. The normalized spacial score (nSPS) is 12.0. The van der Waals surface area contributed by atoms with Gasteiger partial charge >= 0.3 is 5.97 Å². The van der Waals surface area contributed by atoms with E-state index < -0.39 is 12.0 Å². The minimum Gasteiger partial charge on any atom is -0.481 e. The fraction of sp³-hybridized carbons (Fsp3) is 0.467. The highest BCUT2D eigenvalue weighted by molar-refractivity contribution is 6.01. The number of hydrogen-bond donors (Lipinski definition) is 2. The number of methoxy groups -OCH3 is 1. The number of nitrogens with one attached hydrogen (secondary N) is 1. The molecule has 0 spiro atoms. The number of anilines is 1. The first-order chi connectivity index (χ1) is 9.95. The predicted molar refractivity (Wildman–Crippen MR) is 81.0 cm³/mol.